The largest absolute Gasteiger partial charge is 0.469 e. The van der Waals surface area contributed by atoms with Gasteiger partial charge >= 0.3 is 5.97 Å². The van der Waals surface area contributed by atoms with E-state index in [1.165, 1.54) is 32.8 Å². The molecule has 5 heteroatoms. The molecule has 1 aliphatic rings. The summed E-state index contributed by atoms with van der Waals surface area (Å²) in [6.07, 6.45) is 6.31. The summed E-state index contributed by atoms with van der Waals surface area (Å²) in [7, 11) is 1.43. The Morgan fingerprint density at radius 3 is 2.81 bits per heavy atom. The number of thiazole rings is 1. The Kier molecular flexibility index (Phi) is 6.03. The first-order valence-electron chi connectivity index (χ1n) is 7.88. The third-order valence-electron chi connectivity index (χ3n) is 3.93. The van der Waals surface area contributed by atoms with Crippen molar-refractivity contribution in [1.29, 1.82) is 0 Å². The maximum absolute atomic E-state index is 11.2. The highest BCUT2D eigenvalue weighted by Crippen LogP contribution is 2.31. The lowest BCUT2D eigenvalue weighted by atomic mass is 10.1. The van der Waals surface area contributed by atoms with Crippen molar-refractivity contribution in [2.24, 2.45) is 5.92 Å². The summed E-state index contributed by atoms with van der Waals surface area (Å²) in [5, 5.41) is 3.20. The Morgan fingerprint density at radius 1 is 1.48 bits per heavy atom. The quantitative estimate of drug-likeness (QED) is 0.721. The first-order chi connectivity index (χ1) is 10.1. The fraction of sp³-hybridized carbons (Fsp3) is 0.750. The molecule has 1 heterocycles. The number of aryl methyl sites for hydroxylation is 1. The summed E-state index contributed by atoms with van der Waals surface area (Å²) >= 11 is 1.71. The number of esters is 1. The Hall–Kier alpha value is -1.10. The average Bonchev–Trinajstić information content (AvgIpc) is 3.13. The predicted octanol–water partition coefficient (Wildman–Crippen LogP) is 3.65. The number of aromatic nitrogens is 1. The van der Waals surface area contributed by atoms with E-state index in [-0.39, 0.29) is 5.97 Å². The second kappa shape index (κ2) is 7.78. The van der Waals surface area contributed by atoms with Gasteiger partial charge in [-0.1, -0.05) is 26.7 Å². The number of hydrogen-bond donors (Lipinski definition) is 0. The van der Waals surface area contributed by atoms with Crippen molar-refractivity contribution in [2.45, 2.75) is 58.4 Å². The normalized spacial score (nSPS) is 15.6. The minimum atomic E-state index is -0.167. The van der Waals surface area contributed by atoms with Crippen LogP contribution in [-0.4, -0.2) is 30.6 Å². The SMILES string of the molecule is COC(=O)CCc1csc(N(CC(C)C)C2CCCC2)n1. The number of carbonyl (C=O) groups is 1. The van der Waals surface area contributed by atoms with Crippen molar-refractivity contribution in [2.75, 3.05) is 18.6 Å². The molecular weight excluding hydrogens is 284 g/mol. The molecule has 0 spiro atoms. The number of rotatable bonds is 7. The molecule has 0 aliphatic heterocycles. The number of hydrogen-bond acceptors (Lipinski definition) is 5. The molecule has 0 radical (unpaired) electrons. The molecule has 0 aromatic carbocycles. The molecule has 0 unspecified atom stereocenters. The summed E-state index contributed by atoms with van der Waals surface area (Å²) in [5.74, 6) is 0.465. The van der Waals surface area contributed by atoms with Crippen LogP contribution in [0.3, 0.4) is 0 Å². The fourth-order valence-corrected chi connectivity index (χ4v) is 3.81. The van der Waals surface area contributed by atoms with Crippen molar-refractivity contribution in [3.8, 4) is 0 Å². The zero-order valence-corrected chi connectivity index (χ0v) is 14.1. The van der Waals surface area contributed by atoms with Crippen LogP contribution in [-0.2, 0) is 16.0 Å². The second-order valence-corrected chi connectivity index (χ2v) is 7.02. The lowest BCUT2D eigenvalue weighted by Gasteiger charge is -2.30. The van der Waals surface area contributed by atoms with E-state index in [1.807, 2.05) is 0 Å². The van der Waals surface area contributed by atoms with Crippen molar-refractivity contribution in [3.05, 3.63) is 11.1 Å². The van der Waals surface area contributed by atoms with Gasteiger partial charge in [0, 0.05) is 24.4 Å². The second-order valence-electron chi connectivity index (χ2n) is 6.18. The summed E-state index contributed by atoms with van der Waals surface area (Å²) in [4.78, 5) is 18.5. The molecule has 4 nitrogen and oxygen atoms in total. The zero-order valence-electron chi connectivity index (χ0n) is 13.3. The average molecular weight is 310 g/mol. The van der Waals surface area contributed by atoms with Gasteiger partial charge in [-0.25, -0.2) is 4.98 Å². The third-order valence-corrected chi connectivity index (χ3v) is 4.85. The number of ether oxygens (including phenoxy) is 1. The molecule has 1 fully saturated rings. The molecule has 1 aliphatic carbocycles. The van der Waals surface area contributed by atoms with Gasteiger partial charge in [-0.2, -0.15) is 0 Å². The van der Waals surface area contributed by atoms with E-state index in [2.05, 4.69) is 28.9 Å². The van der Waals surface area contributed by atoms with Gasteiger partial charge in [0.05, 0.1) is 19.2 Å². The van der Waals surface area contributed by atoms with Crippen LogP contribution in [0.2, 0.25) is 0 Å². The van der Waals surface area contributed by atoms with Crippen LogP contribution in [0.5, 0.6) is 0 Å². The molecule has 1 aromatic heterocycles. The predicted molar refractivity (Wildman–Crippen MR) is 86.9 cm³/mol. The Morgan fingerprint density at radius 2 is 2.19 bits per heavy atom. The van der Waals surface area contributed by atoms with Crippen LogP contribution in [0.15, 0.2) is 5.38 Å². The molecular formula is C16H26N2O2S. The van der Waals surface area contributed by atoms with Gasteiger partial charge in [0.25, 0.3) is 0 Å². The van der Waals surface area contributed by atoms with Gasteiger partial charge in [-0.3, -0.25) is 4.79 Å². The highest BCUT2D eigenvalue weighted by molar-refractivity contribution is 7.13. The molecule has 118 valence electrons. The van der Waals surface area contributed by atoms with E-state index in [1.54, 1.807) is 11.3 Å². The van der Waals surface area contributed by atoms with E-state index in [0.29, 0.717) is 24.8 Å². The van der Waals surface area contributed by atoms with Crippen LogP contribution in [0.25, 0.3) is 0 Å². The summed E-state index contributed by atoms with van der Waals surface area (Å²) in [6.45, 7) is 5.58. The summed E-state index contributed by atoms with van der Waals surface area (Å²) in [5.41, 5.74) is 1.01. The Bertz CT molecular complexity index is 453. The van der Waals surface area contributed by atoms with Crippen molar-refractivity contribution in [1.82, 2.24) is 4.98 Å². The third kappa shape index (κ3) is 4.70. The highest BCUT2D eigenvalue weighted by Gasteiger charge is 2.25. The van der Waals surface area contributed by atoms with E-state index in [4.69, 9.17) is 4.98 Å². The molecule has 1 aromatic rings. The molecule has 0 saturated heterocycles. The van der Waals surface area contributed by atoms with Crippen molar-refractivity contribution in [3.63, 3.8) is 0 Å². The van der Waals surface area contributed by atoms with Crippen LogP contribution < -0.4 is 4.90 Å². The minimum Gasteiger partial charge on any atom is -0.469 e. The van der Waals surface area contributed by atoms with Crippen LogP contribution in [0, 0.1) is 5.92 Å². The molecule has 0 atom stereocenters. The zero-order chi connectivity index (χ0) is 15.2. The van der Waals surface area contributed by atoms with Crippen molar-refractivity contribution < 1.29 is 9.53 Å². The first-order valence-corrected chi connectivity index (χ1v) is 8.76. The van der Waals surface area contributed by atoms with Crippen LogP contribution in [0.4, 0.5) is 5.13 Å². The standard InChI is InChI=1S/C16H26N2O2S/c1-12(2)10-18(14-6-4-5-7-14)16-17-13(11-21-16)8-9-15(19)20-3/h11-12,14H,4-10H2,1-3H3. The Labute approximate surface area is 131 Å². The summed E-state index contributed by atoms with van der Waals surface area (Å²) < 4.78 is 4.69. The van der Waals surface area contributed by atoms with E-state index >= 15 is 0 Å². The molecule has 2 rings (SSSR count). The topological polar surface area (TPSA) is 42.4 Å². The van der Waals surface area contributed by atoms with E-state index < -0.39 is 0 Å². The van der Waals surface area contributed by atoms with Crippen molar-refractivity contribution >= 4 is 22.4 Å². The van der Waals surface area contributed by atoms with Gasteiger partial charge in [-0.15, -0.1) is 11.3 Å². The number of anilines is 1. The molecule has 0 N–H and O–H groups in total. The minimum absolute atomic E-state index is 0.167. The van der Waals surface area contributed by atoms with E-state index in [9.17, 15) is 4.79 Å². The maximum atomic E-state index is 11.2. The number of methoxy groups -OCH3 is 1. The van der Waals surface area contributed by atoms with Crippen LogP contribution >= 0.6 is 11.3 Å². The van der Waals surface area contributed by atoms with E-state index in [0.717, 1.165) is 17.4 Å². The lowest BCUT2D eigenvalue weighted by Crippen LogP contribution is -2.36. The van der Waals surface area contributed by atoms with Gasteiger partial charge < -0.3 is 9.64 Å². The highest BCUT2D eigenvalue weighted by atomic mass is 32.1. The Balaban J connectivity index is 2.02. The van der Waals surface area contributed by atoms with Gasteiger partial charge in [0.2, 0.25) is 0 Å². The maximum Gasteiger partial charge on any atom is 0.305 e. The monoisotopic (exact) mass is 310 g/mol. The van der Waals surface area contributed by atoms with Gasteiger partial charge in [0.1, 0.15) is 0 Å². The number of carbonyl (C=O) groups excluding carboxylic acids is 1. The molecule has 0 amide bonds. The molecule has 1 saturated carbocycles. The lowest BCUT2D eigenvalue weighted by molar-refractivity contribution is -0.140. The summed E-state index contributed by atoms with van der Waals surface area (Å²) in [6, 6.07) is 0.645. The molecule has 21 heavy (non-hydrogen) atoms. The van der Waals surface area contributed by atoms with Gasteiger partial charge in [-0.05, 0) is 18.8 Å². The van der Waals surface area contributed by atoms with Crippen LogP contribution in [0.1, 0.15) is 51.6 Å². The first kappa shape index (κ1) is 16.3. The molecule has 0 bridgehead atoms. The van der Waals surface area contributed by atoms with Gasteiger partial charge in [0.15, 0.2) is 5.13 Å². The fourth-order valence-electron chi connectivity index (χ4n) is 2.87. The number of nitrogens with zero attached hydrogens (tertiary/aromatic N) is 2. The smallest absolute Gasteiger partial charge is 0.305 e.